The first-order valence-electron chi connectivity index (χ1n) is 14.4. The molecule has 0 saturated carbocycles. The number of nitrogens with zero attached hydrogens (tertiary/aromatic N) is 2. The number of hydrogen-bond acceptors (Lipinski definition) is 6. The van der Waals surface area contributed by atoms with Gasteiger partial charge in [0.1, 0.15) is 18.1 Å². The molecule has 42 heavy (non-hydrogen) atoms. The number of aromatic nitrogens is 1. The van der Waals surface area contributed by atoms with E-state index in [1.54, 1.807) is 19.9 Å². The molecule has 0 radical (unpaired) electrons. The zero-order valence-corrected chi connectivity index (χ0v) is 26.1. The Balaban J connectivity index is 1.70. The fourth-order valence-corrected chi connectivity index (χ4v) is 5.05. The first kappa shape index (κ1) is 33.0. The van der Waals surface area contributed by atoms with E-state index in [2.05, 4.69) is 16.1 Å². The Morgan fingerprint density at radius 1 is 1.21 bits per heavy atom. The molecule has 2 heterocycles. The Morgan fingerprint density at radius 2 is 1.90 bits per heavy atom. The molecule has 0 spiro atoms. The van der Waals surface area contributed by atoms with E-state index >= 15 is 0 Å². The van der Waals surface area contributed by atoms with Crippen molar-refractivity contribution in [2.24, 2.45) is 11.3 Å². The summed E-state index contributed by atoms with van der Waals surface area (Å²) in [5.74, 6) is -2.58. The van der Waals surface area contributed by atoms with Gasteiger partial charge in [0.25, 0.3) is 5.91 Å². The molecule has 2 aromatic rings. The third-order valence-electron chi connectivity index (χ3n) is 7.62. The summed E-state index contributed by atoms with van der Waals surface area (Å²) in [5.41, 5.74) is 5.33. The molecule has 1 aliphatic heterocycles. The Morgan fingerprint density at radius 3 is 2.52 bits per heavy atom. The highest BCUT2D eigenvalue weighted by Crippen LogP contribution is 2.29. The highest BCUT2D eigenvalue weighted by molar-refractivity contribution is 6.35. The van der Waals surface area contributed by atoms with Crippen LogP contribution in [-0.4, -0.2) is 63.5 Å². The molecule has 10 nitrogen and oxygen atoms in total. The number of benzene rings is 1. The first-order valence-corrected chi connectivity index (χ1v) is 14.7. The maximum atomic E-state index is 13.4. The molecule has 1 aromatic heterocycles. The monoisotopic (exact) mass is 599 g/mol. The van der Waals surface area contributed by atoms with Crippen molar-refractivity contribution in [1.29, 1.82) is 0 Å². The minimum atomic E-state index is -1.04. The number of halogens is 1. The Labute approximate surface area is 252 Å². The molecule has 3 atom stereocenters. The zero-order valence-electron chi connectivity index (χ0n) is 25.4. The summed E-state index contributed by atoms with van der Waals surface area (Å²) >= 11 is 6.47. The van der Waals surface area contributed by atoms with Gasteiger partial charge in [0.05, 0.1) is 16.0 Å². The van der Waals surface area contributed by atoms with Crippen LogP contribution in [0.15, 0.2) is 24.3 Å². The van der Waals surface area contributed by atoms with Gasteiger partial charge in [-0.15, -0.1) is 0 Å². The van der Waals surface area contributed by atoms with Crippen molar-refractivity contribution >= 4 is 52.3 Å². The normalized spacial score (nSPS) is 17.4. The molecule has 0 unspecified atom stereocenters. The van der Waals surface area contributed by atoms with Crippen molar-refractivity contribution in [1.82, 2.24) is 26.1 Å². The molecule has 1 fully saturated rings. The second-order valence-corrected chi connectivity index (χ2v) is 12.2. The summed E-state index contributed by atoms with van der Waals surface area (Å²) in [5, 5.41) is 17.6. The molecule has 3 rings (SSSR count). The zero-order chi connectivity index (χ0) is 31.4. The number of carboxylic acid groups (broad SMARTS) is 1. The Hall–Kier alpha value is -3.50. The van der Waals surface area contributed by atoms with Crippen LogP contribution < -0.4 is 16.1 Å². The van der Waals surface area contributed by atoms with Gasteiger partial charge in [-0.25, -0.2) is 5.43 Å². The summed E-state index contributed by atoms with van der Waals surface area (Å²) < 4.78 is 0. The first-order chi connectivity index (χ1) is 19.7. The summed E-state index contributed by atoms with van der Waals surface area (Å²) in [7, 11) is 0. The van der Waals surface area contributed by atoms with Crippen LogP contribution in [0.2, 0.25) is 5.02 Å². The summed E-state index contributed by atoms with van der Waals surface area (Å²) in [6.45, 7) is 13.0. The van der Waals surface area contributed by atoms with Crippen molar-refractivity contribution in [3.05, 3.63) is 46.1 Å². The lowest BCUT2D eigenvalue weighted by atomic mass is 9.89. The minimum Gasteiger partial charge on any atom is -0.480 e. The van der Waals surface area contributed by atoms with Crippen molar-refractivity contribution in [3.8, 4) is 0 Å². The second-order valence-electron chi connectivity index (χ2n) is 11.8. The van der Waals surface area contributed by atoms with Crippen LogP contribution in [0.5, 0.6) is 0 Å². The molecule has 3 amide bonds. The Kier molecular flexibility index (Phi) is 10.7. The number of hydrazine groups is 1. The third kappa shape index (κ3) is 7.66. The van der Waals surface area contributed by atoms with Gasteiger partial charge in [0.2, 0.25) is 11.8 Å². The number of carboxylic acids is 1. The van der Waals surface area contributed by atoms with Gasteiger partial charge in [-0.2, -0.15) is 0 Å². The van der Waals surface area contributed by atoms with Gasteiger partial charge < -0.3 is 15.7 Å². The lowest BCUT2D eigenvalue weighted by Crippen LogP contribution is -2.61. The Bertz CT molecular complexity index is 1390. The average Bonchev–Trinajstić information content (AvgIpc) is 2.94. The quantitative estimate of drug-likeness (QED) is 0.323. The molecule has 4 N–H and O–H groups in total. The SMILES string of the molecule is CCc1cc(Cl)c2ccc(/C=C/C(C)(C)C(=O)N[C@H](C(=O)N[C@@H](C)C(=O)N3CCC[C@@H](C(=O)O)N3)C(C)C)c(C)c2n1. The number of carbonyl (C=O) groups excluding carboxylic acids is 3. The second kappa shape index (κ2) is 13.6. The maximum absolute atomic E-state index is 13.4. The van der Waals surface area contributed by atoms with Crippen LogP contribution in [0.4, 0.5) is 0 Å². The molecule has 11 heteroatoms. The van der Waals surface area contributed by atoms with E-state index in [0.29, 0.717) is 24.4 Å². The van der Waals surface area contributed by atoms with Gasteiger partial charge in [0.15, 0.2) is 0 Å². The maximum Gasteiger partial charge on any atom is 0.322 e. The number of aryl methyl sites for hydroxylation is 2. The molecular formula is C31H42ClN5O5. The fourth-order valence-electron chi connectivity index (χ4n) is 4.77. The smallest absolute Gasteiger partial charge is 0.322 e. The van der Waals surface area contributed by atoms with Crippen LogP contribution in [0, 0.1) is 18.3 Å². The molecule has 1 aromatic carbocycles. The standard InChI is InChI=1S/C31H42ClN5O5/c1-8-21-16-23(32)22-12-11-20(18(4)26(22)34-21)13-14-31(6,7)30(42)35-25(17(2)3)27(38)33-19(5)28(39)37-15-9-10-24(36-37)29(40)41/h11-14,16-17,19,24-25,36H,8-10,15H2,1-7H3,(H,33,38)(H,35,42)(H,40,41)/b14-13+/t19-,24-,25-/m0/s1. The fraction of sp³-hybridized carbons (Fsp3) is 0.516. The summed E-state index contributed by atoms with van der Waals surface area (Å²) in [6, 6.07) is 3.08. The van der Waals surface area contributed by atoms with Gasteiger partial charge in [-0.1, -0.05) is 56.7 Å². The number of carbonyl (C=O) groups is 4. The summed E-state index contributed by atoms with van der Waals surface area (Å²) in [4.78, 5) is 55.6. The lowest BCUT2D eigenvalue weighted by molar-refractivity contribution is -0.148. The van der Waals surface area contributed by atoms with Gasteiger partial charge in [-0.3, -0.25) is 29.2 Å². The predicted molar refractivity (Wildman–Crippen MR) is 164 cm³/mol. The van der Waals surface area contributed by atoms with E-state index in [-0.39, 0.29) is 11.8 Å². The van der Waals surface area contributed by atoms with E-state index in [4.69, 9.17) is 16.6 Å². The van der Waals surface area contributed by atoms with Gasteiger partial charge >= 0.3 is 5.97 Å². The van der Waals surface area contributed by atoms with Crippen molar-refractivity contribution < 1.29 is 24.3 Å². The highest BCUT2D eigenvalue weighted by Gasteiger charge is 2.34. The topological polar surface area (TPSA) is 141 Å². The van der Waals surface area contributed by atoms with Crippen molar-refractivity contribution in [3.63, 3.8) is 0 Å². The van der Waals surface area contributed by atoms with E-state index in [9.17, 15) is 24.3 Å². The number of rotatable bonds is 10. The number of hydrogen-bond donors (Lipinski definition) is 4. The molecular weight excluding hydrogens is 558 g/mol. The molecule has 1 aliphatic rings. The minimum absolute atomic E-state index is 0.258. The van der Waals surface area contributed by atoms with Crippen LogP contribution in [0.3, 0.4) is 0 Å². The molecule has 0 aliphatic carbocycles. The van der Waals surface area contributed by atoms with Crippen LogP contribution in [0.1, 0.15) is 71.2 Å². The van der Waals surface area contributed by atoms with Crippen LogP contribution in [0.25, 0.3) is 17.0 Å². The van der Waals surface area contributed by atoms with E-state index in [1.807, 2.05) is 52.0 Å². The van der Waals surface area contributed by atoms with E-state index in [1.165, 1.54) is 11.9 Å². The summed E-state index contributed by atoms with van der Waals surface area (Å²) in [6.07, 6.45) is 5.39. The molecule has 228 valence electrons. The van der Waals surface area contributed by atoms with Crippen LogP contribution in [-0.2, 0) is 25.6 Å². The predicted octanol–water partition coefficient (Wildman–Crippen LogP) is 4.02. The number of fused-ring (bicyclic) bond motifs is 1. The van der Waals surface area contributed by atoms with Gasteiger partial charge in [-0.05, 0) is 70.1 Å². The number of nitrogens with one attached hydrogen (secondary N) is 3. The van der Waals surface area contributed by atoms with Crippen molar-refractivity contribution in [2.45, 2.75) is 85.9 Å². The van der Waals surface area contributed by atoms with E-state index in [0.717, 1.165) is 34.1 Å². The molecule has 0 bridgehead atoms. The van der Waals surface area contributed by atoms with Gasteiger partial charge in [0, 0.05) is 17.6 Å². The largest absolute Gasteiger partial charge is 0.480 e. The highest BCUT2D eigenvalue weighted by atomic mass is 35.5. The number of amides is 3. The number of aliphatic carboxylic acids is 1. The lowest BCUT2D eigenvalue weighted by Gasteiger charge is -2.34. The van der Waals surface area contributed by atoms with Crippen molar-refractivity contribution in [2.75, 3.05) is 6.54 Å². The van der Waals surface area contributed by atoms with Crippen LogP contribution >= 0.6 is 11.6 Å². The average molecular weight is 600 g/mol. The van der Waals surface area contributed by atoms with E-state index < -0.39 is 41.3 Å². The number of pyridine rings is 1. The third-order valence-corrected chi connectivity index (χ3v) is 7.93. The molecule has 1 saturated heterocycles.